The molecule has 0 saturated heterocycles. The van der Waals surface area contributed by atoms with E-state index >= 15 is 0 Å². The van der Waals surface area contributed by atoms with Gasteiger partial charge in [-0.2, -0.15) is 13.2 Å². The molecule has 0 aliphatic heterocycles. The monoisotopic (exact) mass is 267 g/mol. The topological polar surface area (TPSA) is 58.4 Å². The van der Waals surface area contributed by atoms with Crippen LogP contribution in [0.3, 0.4) is 0 Å². The Morgan fingerprint density at radius 3 is 2.33 bits per heavy atom. The summed E-state index contributed by atoms with van der Waals surface area (Å²) in [4.78, 5) is 12.5. The lowest BCUT2D eigenvalue weighted by molar-refractivity contribution is -0.149. The van der Waals surface area contributed by atoms with Crippen LogP contribution in [-0.4, -0.2) is 48.2 Å². The van der Waals surface area contributed by atoms with E-state index in [2.05, 4.69) is 5.32 Å². The van der Waals surface area contributed by atoms with Gasteiger partial charge in [-0.05, 0) is 12.8 Å². The van der Waals surface area contributed by atoms with E-state index < -0.39 is 24.7 Å². The first-order chi connectivity index (χ1) is 8.19. The van der Waals surface area contributed by atoms with Crippen molar-refractivity contribution in [1.29, 1.82) is 0 Å². The largest absolute Gasteiger partial charge is 0.401 e. The van der Waals surface area contributed by atoms with Gasteiger partial charge in [-0.3, -0.25) is 9.69 Å². The SMILES string of the molecule is CC(C)NC(CN(CC(F)(F)F)C1CC1)C(N)=O. The number of alkyl halides is 3. The first-order valence-electron chi connectivity index (χ1n) is 6.05. The molecule has 18 heavy (non-hydrogen) atoms. The minimum atomic E-state index is -4.25. The van der Waals surface area contributed by atoms with Gasteiger partial charge in [-0.25, -0.2) is 0 Å². The molecule has 1 fully saturated rings. The van der Waals surface area contributed by atoms with Gasteiger partial charge in [0.05, 0.1) is 12.6 Å². The van der Waals surface area contributed by atoms with Crippen molar-refractivity contribution < 1.29 is 18.0 Å². The molecule has 7 heteroatoms. The third kappa shape index (κ3) is 5.68. The molecule has 0 aromatic carbocycles. The van der Waals surface area contributed by atoms with E-state index in [0.29, 0.717) is 0 Å². The fourth-order valence-electron chi connectivity index (χ4n) is 1.87. The summed E-state index contributed by atoms with van der Waals surface area (Å²) in [6.45, 7) is 2.67. The summed E-state index contributed by atoms with van der Waals surface area (Å²) in [5.74, 6) is -0.614. The Bertz CT molecular complexity index is 290. The molecule has 0 radical (unpaired) electrons. The molecule has 1 amide bonds. The average molecular weight is 267 g/mol. The molecule has 1 rings (SSSR count). The highest BCUT2D eigenvalue weighted by molar-refractivity contribution is 5.80. The molecule has 1 unspecified atom stereocenters. The molecular weight excluding hydrogens is 247 g/mol. The Hall–Kier alpha value is -0.820. The van der Waals surface area contributed by atoms with Crippen molar-refractivity contribution in [2.24, 2.45) is 5.73 Å². The van der Waals surface area contributed by atoms with Crippen LogP contribution in [-0.2, 0) is 4.79 Å². The second-order valence-corrected chi connectivity index (χ2v) is 5.05. The summed E-state index contributed by atoms with van der Waals surface area (Å²) in [7, 11) is 0. The lowest BCUT2D eigenvalue weighted by Crippen LogP contribution is -2.53. The predicted octanol–water partition coefficient (Wildman–Crippen LogP) is 0.865. The highest BCUT2D eigenvalue weighted by Crippen LogP contribution is 2.30. The third-order valence-corrected chi connectivity index (χ3v) is 2.74. The van der Waals surface area contributed by atoms with E-state index in [9.17, 15) is 18.0 Å². The number of nitrogens with one attached hydrogen (secondary N) is 1. The smallest absolute Gasteiger partial charge is 0.368 e. The molecule has 1 saturated carbocycles. The molecule has 0 bridgehead atoms. The Morgan fingerprint density at radius 1 is 1.44 bits per heavy atom. The summed E-state index contributed by atoms with van der Waals surface area (Å²) in [6, 6.07) is -0.815. The number of hydrogen-bond donors (Lipinski definition) is 2. The lowest BCUT2D eigenvalue weighted by atomic mass is 10.2. The van der Waals surface area contributed by atoms with Gasteiger partial charge < -0.3 is 11.1 Å². The number of hydrogen-bond acceptors (Lipinski definition) is 3. The quantitative estimate of drug-likeness (QED) is 0.719. The van der Waals surface area contributed by atoms with E-state index in [1.165, 1.54) is 4.90 Å². The molecule has 0 spiro atoms. The fourth-order valence-corrected chi connectivity index (χ4v) is 1.87. The molecular formula is C11H20F3N3O. The van der Waals surface area contributed by atoms with Crippen LogP contribution in [0.4, 0.5) is 13.2 Å². The first-order valence-corrected chi connectivity index (χ1v) is 6.05. The zero-order valence-corrected chi connectivity index (χ0v) is 10.6. The summed E-state index contributed by atoms with van der Waals surface area (Å²) < 4.78 is 37.3. The van der Waals surface area contributed by atoms with E-state index in [1.807, 2.05) is 13.8 Å². The molecule has 0 aromatic rings. The van der Waals surface area contributed by atoms with Gasteiger partial charge >= 0.3 is 6.18 Å². The average Bonchev–Trinajstić information content (AvgIpc) is 2.95. The number of nitrogens with zero attached hydrogens (tertiary/aromatic N) is 1. The predicted molar refractivity (Wildman–Crippen MR) is 61.9 cm³/mol. The van der Waals surface area contributed by atoms with Crippen molar-refractivity contribution in [3.63, 3.8) is 0 Å². The standard InChI is InChI=1S/C11H20F3N3O/c1-7(2)16-9(10(15)18)5-17(8-3-4-8)6-11(12,13)14/h7-9,16H,3-6H2,1-2H3,(H2,15,18). The van der Waals surface area contributed by atoms with Gasteiger partial charge in [0.1, 0.15) is 0 Å². The van der Waals surface area contributed by atoms with Crippen molar-refractivity contribution in [1.82, 2.24) is 10.2 Å². The Labute approximate surface area is 105 Å². The van der Waals surface area contributed by atoms with Crippen molar-refractivity contribution in [2.45, 2.75) is 51.0 Å². The normalized spacial score (nSPS) is 18.4. The number of nitrogens with two attached hydrogens (primary N) is 1. The first kappa shape index (κ1) is 15.2. The zero-order valence-electron chi connectivity index (χ0n) is 10.6. The number of primary amides is 1. The Morgan fingerprint density at radius 2 is 2.00 bits per heavy atom. The van der Waals surface area contributed by atoms with Crippen molar-refractivity contribution in [2.75, 3.05) is 13.1 Å². The Kier molecular flexibility index (Phi) is 4.98. The second kappa shape index (κ2) is 5.88. The minimum Gasteiger partial charge on any atom is -0.368 e. The fraction of sp³-hybridized carbons (Fsp3) is 0.909. The van der Waals surface area contributed by atoms with Crippen molar-refractivity contribution in [3.8, 4) is 0 Å². The van der Waals surface area contributed by atoms with Crippen LogP contribution in [0.15, 0.2) is 0 Å². The molecule has 1 aliphatic rings. The number of carbonyl (C=O) groups is 1. The van der Waals surface area contributed by atoms with Crippen molar-refractivity contribution in [3.05, 3.63) is 0 Å². The highest BCUT2D eigenvalue weighted by Gasteiger charge is 2.39. The van der Waals surface area contributed by atoms with Gasteiger partial charge in [-0.15, -0.1) is 0 Å². The van der Waals surface area contributed by atoms with Gasteiger partial charge in [0.25, 0.3) is 0 Å². The molecule has 1 atom stereocenters. The number of carbonyl (C=O) groups excluding carboxylic acids is 1. The minimum absolute atomic E-state index is 0.00515. The summed E-state index contributed by atoms with van der Waals surface area (Å²) >= 11 is 0. The summed E-state index contributed by atoms with van der Waals surface area (Å²) in [6.07, 6.45) is -2.74. The summed E-state index contributed by atoms with van der Waals surface area (Å²) in [5, 5.41) is 2.89. The van der Waals surface area contributed by atoms with E-state index in [-0.39, 0.29) is 18.6 Å². The van der Waals surface area contributed by atoms with Crippen LogP contribution in [0.5, 0.6) is 0 Å². The maximum Gasteiger partial charge on any atom is 0.401 e. The van der Waals surface area contributed by atoms with E-state index in [0.717, 1.165) is 12.8 Å². The third-order valence-electron chi connectivity index (χ3n) is 2.74. The van der Waals surface area contributed by atoms with E-state index in [4.69, 9.17) is 5.73 Å². The van der Waals surface area contributed by atoms with Crippen molar-refractivity contribution >= 4 is 5.91 Å². The van der Waals surface area contributed by atoms with Crippen LogP contribution >= 0.6 is 0 Å². The van der Waals surface area contributed by atoms with Crippen LogP contribution < -0.4 is 11.1 Å². The van der Waals surface area contributed by atoms with Gasteiger partial charge in [0, 0.05) is 18.6 Å². The molecule has 0 aromatic heterocycles. The molecule has 4 nitrogen and oxygen atoms in total. The van der Waals surface area contributed by atoms with E-state index in [1.54, 1.807) is 0 Å². The maximum absolute atomic E-state index is 12.4. The second-order valence-electron chi connectivity index (χ2n) is 5.05. The van der Waals surface area contributed by atoms with Gasteiger partial charge in [0.15, 0.2) is 0 Å². The molecule has 3 N–H and O–H groups in total. The maximum atomic E-state index is 12.4. The van der Waals surface area contributed by atoms with Crippen LogP contribution in [0.1, 0.15) is 26.7 Å². The van der Waals surface area contributed by atoms with Crippen LogP contribution in [0.2, 0.25) is 0 Å². The lowest BCUT2D eigenvalue weighted by Gasteiger charge is -2.28. The number of rotatable bonds is 7. The zero-order chi connectivity index (χ0) is 13.9. The molecule has 0 heterocycles. The van der Waals surface area contributed by atoms with Gasteiger partial charge in [0.2, 0.25) is 5.91 Å². The number of halogens is 3. The molecule has 106 valence electrons. The summed E-state index contributed by atoms with van der Waals surface area (Å²) in [5.41, 5.74) is 5.21. The number of amides is 1. The highest BCUT2D eigenvalue weighted by atomic mass is 19.4. The van der Waals surface area contributed by atoms with Gasteiger partial charge in [-0.1, -0.05) is 13.8 Å². The Balaban J connectivity index is 2.59. The van der Waals surface area contributed by atoms with Crippen LogP contribution in [0.25, 0.3) is 0 Å². The van der Waals surface area contributed by atoms with Crippen LogP contribution in [0, 0.1) is 0 Å². The molecule has 1 aliphatic carbocycles.